The Bertz CT molecular complexity index is 644. The van der Waals surface area contributed by atoms with E-state index in [4.69, 9.17) is 4.74 Å². The maximum absolute atomic E-state index is 5.93. The summed E-state index contributed by atoms with van der Waals surface area (Å²) in [7, 11) is 0. The maximum Gasteiger partial charge on any atom is 0.134 e. The molecule has 1 fully saturated rings. The monoisotopic (exact) mass is 387 g/mol. The van der Waals surface area contributed by atoms with E-state index in [1.165, 1.54) is 37.1 Å². The van der Waals surface area contributed by atoms with Gasteiger partial charge in [0.05, 0.1) is 4.47 Å². The Hall–Kier alpha value is -1.32. The summed E-state index contributed by atoms with van der Waals surface area (Å²) in [4.78, 5) is 2.60. The second-order valence-corrected chi connectivity index (χ2v) is 7.69. The van der Waals surface area contributed by atoms with Crippen molar-refractivity contribution in [3.05, 3.63) is 64.1 Å². The Morgan fingerprint density at radius 2 is 1.96 bits per heavy atom. The number of rotatable bonds is 6. The number of benzene rings is 2. The van der Waals surface area contributed by atoms with E-state index in [0.717, 1.165) is 29.1 Å². The number of hydrogen-bond acceptors (Lipinski definition) is 2. The van der Waals surface area contributed by atoms with Crippen molar-refractivity contribution < 1.29 is 4.74 Å². The van der Waals surface area contributed by atoms with E-state index < -0.39 is 0 Å². The lowest BCUT2D eigenvalue weighted by atomic mass is 10.00. The highest BCUT2D eigenvalue weighted by molar-refractivity contribution is 9.10. The van der Waals surface area contributed by atoms with Crippen molar-refractivity contribution in [2.24, 2.45) is 5.92 Å². The highest BCUT2D eigenvalue weighted by Gasteiger charge is 2.15. The van der Waals surface area contributed by atoms with Crippen molar-refractivity contribution in [1.82, 2.24) is 4.90 Å². The van der Waals surface area contributed by atoms with Gasteiger partial charge in [-0.15, -0.1) is 0 Å². The Labute approximate surface area is 154 Å². The number of piperidine rings is 1. The lowest BCUT2D eigenvalue weighted by molar-refractivity contribution is 0.186. The molecule has 0 radical (unpaired) electrons. The first-order chi connectivity index (χ1) is 11.7. The Kier molecular flexibility index (Phi) is 6.33. The van der Waals surface area contributed by atoms with Gasteiger partial charge in [-0.25, -0.2) is 0 Å². The number of likely N-dealkylation sites (tertiary alicyclic amines) is 1. The molecule has 0 bridgehead atoms. The summed E-state index contributed by atoms with van der Waals surface area (Å²) >= 11 is 3.66. The summed E-state index contributed by atoms with van der Waals surface area (Å²) in [6.45, 7) is 6.62. The van der Waals surface area contributed by atoms with Crippen LogP contribution in [0.2, 0.25) is 0 Å². The highest BCUT2D eigenvalue weighted by Crippen LogP contribution is 2.27. The summed E-state index contributed by atoms with van der Waals surface area (Å²) < 4.78 is 6.97. The van der Waals surface area contributed by atoms with Crippen LogP contribution in [0.15, 0.2) is 53.0 Å². The number of halogens is 1. The molecule has 0 spiro atoms. The van der Waals surface area contributed by atoms with Gasteiger partial charge >= 0.3 is 0 Å². The normalized spacial score (nSPS) is 18.5. The molecule has 1 aliphatic rings. The van der Waals surface area contributed by atoms with Gasteiger partial charge in [0.2, 0.25) is 0 Å². The largest absolute Gasteiger partial charge is 0.488 e. The molecule has 0 aromatic heterocycles. The van der Waals surface area contributed by atoms with Crippen molar-refractivity contribution in [1.29, 1.82) is 0 Å². The molecule has 1 aliphatic heterocycles. The minimum absolute atomic E-state index is 0.602. The fourth-order valence-corrected chi connectivity index (χ4v) is 3.87. The van der Waals surface area contributed by atoms with Crippen molar-refractivity contribution in [2.45, 2.75) is 32.8 Å². The summed E-state index contributed by atoms with van der Waals surface area (Å²) in [5.41, 5.74) is 2.56. The van der Waals surface area contributed by atoms with Crippen LogP contribution in [0.1, 0.15) is 30.9 Å². The number of nitrogens with zero attached hydrogens (tertiary/aromatic N) is 1. The standard InChI is InChI=1S/C21H26BrNO/c1-17-6-5-12-23(15-17)13-11-18-9-10-21(20(22)14-18)24-16-19-7-3-2-4-8-19/h2-4,7-10,14,17H,5-6,11-13,15-16H2,1H3. The predicted molar refractivity (Wildman–Crippen MR) is 103 cm³/mol. The third-order valence-corrected chi connectivity index (χ3v) is 5.31. The fourth-order valence-electron chi connectivity index (χ4n) is 3.33. The minimum atomic E-state index is 0.602. The molecule has 0 aliphatic carbocycles. The molecule has 0 N–H and O–H groups in total. The van der Waals surface area contributed by atoms with Gasteiger partial charge in [0.25, 0.3) is 0 Å². The van der Waals surface area contributed by atoms with Gasteiger partial charge in [-0.1, -0.05) is 43.3 Å². The van der Waals surface area contributed by atoms with Crippen LogP contribution < -0.4 is 4.74 Å². The third kappa shape index (κ3) is 5.09. The van der Waals surface area contributed by atoms with Crippen LogP contribution in [0.4, 0.5) is 0 Å². The predicted octanol–water partition coefficient (Wildman–Crippen LogP) is 5.30. The molecule has 1 heterocycles. The Morgan fingerprint density at radius 1 is 1.12 bits per heavy atom. The van der Waals surface area contributed by atoms with Crippen molar-refractivity contribution in [2.75, 3.05) is 19.6 Å². The van der Waals surface area contributed by atoms with E-state index in [0.29, 0.717) is 6.61 Å². The van der Waals surface area contributed by atoms with E-state index in [-0.39, 0.29) is 0 Å². The van der Waals surface area contributed by atoms with Gasteiger partial charge in [-0.3, -0.25) is 0 Å². The summed E-state index contributed by atoms with van der Waals surface area (Å²) in [6, 6.07) is 16.8. The molecule has 128 valence electrons. The second kappa shape index (κ2) is 8.68. The third-order valence-electron chi connectivity index (χ3n) is 4.69. The zero-order valence-corrected chi connectivity index (χ0v) is 16.0. The van der Waals surface area contributed by atoms with Crippen LogP contribution in [-0.2, 0) is 13.0 Å². The van der Waals surface area contributed by atoms with Crippen molar-refractivity contribution in [3.63, 3.8) is 0 Å². The molecular formula is C21H26BrNO. The SMILES string of the molecule is CC1CCCN(CCc2ccc(OCc3ccccc3)c(Br)c2)C1. The average Bonchev–Trinajstić information content (AvgIpc) is 2.60. The topological polar surface area (TPSA) is 12.5 Å². The first kappa shape index (κ1) is 17.5. The average molecular weight is 388 g/mol. The molecule has 0 saturated carbocycles. The van der Waals surface area contributed by atoms with Crippen molar-refractivity contribution >= 4 is 15.9 Å². The molecule has 2 nitrogen and oxygen atoms in total. The zero-order valence-electron chi connectivity index (χ0n) is 14.4. The molecule has 2 aromatic carbocycles. The Balaban J connectivity index is 1.52. The van der Waals surface area contributed by atoms with Crippen LogP contribution in [0, 0.1) is 5.92 Å². The Morgan fingerprint density at radius 3 is 2.71 bits per heavy atom. The molecule has 0 amide bonds. The number of ether oxygens (including phenoxy) is 1. The van der Waals surface area contributed by atoms with E-state index in [9.17, 15) is 0 Å². The van der Waals surface area contributed by atoms with Gasteiger partial charge in [0.1, 0.15) is 12.4 Å². The van der Waals surface area contributed by atoms with Crippen LogP contribution in [0.3, 0.4) is 0 Å². The highest BCUT2D eigenvalue weighted by atomic mass is 79.9. The van der Waals surface area contributed by atoms with Crippen LogP contribution >= 0.6 is 15.9 Å². The van der Waals surface area contributed by atoms with Gasteiger partial charge in [-0.2, -0.15) is 0 Å². The zero-order chi connectivity index (χ0) is 16.8. The molecule has 1 unspecified atom stereocenters. The lowest BCUT2D eigenvalue weighted by Gasteiger charge is -2.30. The molecule has 1 atom stereocenters. The summed E-state index contributed by atoms with van der Waals surface area (Å²) in [5.74, 6) is 1.76. The van der Waals surface area contributed by atoms with Crippen LogP contribution in [-0.4, -0.2) is 24.5 Å². The smallest absolute Gasteiger partial charge is 0.134 e. The van der Waals surface area contributed by atoms with Gasteiger partial charge in [-0.05, 0) is 70.9 Å². The van der Waals surface area contributed by atoms with Crippen molar-refractivity contribution in [3.8, 4) is 5.75 Å². The number of hydrogen-bond donors (Lipinski definition) is 0. The summed E-state index contributed by atoms with van der Waals surface area (Å²) in [5, 5.41) is 0. The van der Waals surface area contributed by atoms with Crippen LogP contribution in [0.25, 0.3) is 0 Å². The molecule has 24 heavy (non-hydrogen) atoms. The maximum atomic E-state index is 5.93. The summed E-state index contributed by atoms with van der Waals surface area (Å²) in [6.07, 6.45) is 3.83. The minimum Gasteiger partial charge on any atom is -0.488 e. The van der Waals surface area contributed by atoms with E-state index in [1.54, 1.807) is 0 Å². The molecule has 2 aromatic rings. The molecular weight excluding hydrogens is 362 g/mol. The van der Waals surface area contributed by atoms with E-state index in [1.807, 2.05) is 18.2 Å². The van der Waals surface area contributed by atoms with E-state index >= 15 is 0 Å². The fraction of sp³-hybridized carbons (Fsp3) is 0.429. The van der Waals surface area contributed by atoms with E-state index in [2.05, 4.69) is 58.1 Å². The lowest BCUT2D eigenvalue weighted by Crippen LogP contribution is -2.35. The van der Waals surface area contributed by atoms with Gasteiger partial charge < -0.3 is 9.64 Å². The quantitative estimate of drug-likeness (QED) is 0.666. The molecule has 3 heteroatoms. The molecule has 1 saturated heterocycles. The van der Waals surface area contributed by atoms with Gasteiger partial charge in [0, 0.05) is 13.1 Å². The first-order valence-electron chi connectivity index (χ1n) is 8.88. The molecule has 3 rings (SSSR count). The van der Waals surface area contributed by atoms with Crippen LogP contribution in [0.5, 0.6) is 5.75 Å². The van der Waals surface area contributed by atoms with Gasteiger partial charge in [0.15, 0.2) is 0 Å². The second-order valence-electron chi connectivity index (χ2n) is 6.84. The first-order valence-corrected chi connectivity index (χ1v) is 9.67.